The van der Waals surface area contributed by atoms with E-state index in [2.05, 4.69) is 37.9 Å². The molecule has 0 spiro atoms. The van der Waals surface area contributed by atoms with Gasteiger partial charge in [-0.05, 0) is 44.9 Å². The molecule has 1 aliphatic carbocycles. The molecule has 1 heterocycles. The lowest BCUT2D eigenvalue weighted by Crippen LogP contribution is -2.62. The highest BCUT2D eigenvalue weighted by Gasteiger charge is 2.45. The zero-order valence-electron chi connectivity index (χ0n) is 12.2. The van der Waals surface area contributed by atoms with Crippen LogP contribution < -0.4 is 5.32 Å². The molecule has 0 aromatic heterocycles. The second kappa shape index (κ2) is 4.89. The first-order valence-electron chi connectivity index (χ1n) is 7.49. The maximum Gasteiger partial charge on any atom is 0.0252 e. The third-order valence-electron chi connectivity index (χ3n) is 4.68. The van der Waals surface area contributed by atoms with Gasteiger partial charge in [-0.25, -0.2) is 0 Å². The third kappa shape index (κ3) is 3.23. The topological polar surface area (TPSA) is 15.3 Å². The van der Waals surface area contributed by atoms with Gasteiger partial charge in [0.25, 0.3) is 0 Å². The molecule has 1 atom stereocenters. The summed E-state index contributed by atoms with van der Waals surface area (Å²) in [5.41, 5.74) is 1.00. The van der Waals surface area contributed by atoms with Gasteiger partial charge < -0.3 is 5.32 Å². The lowest BCUT2D eigenvalue weighted by Gasteiger charge is -2.46. The van der Waals surface area contributed by atoms with Crippen molar-refractivity contribution in [1.29, 1.82) is 0 Å². The van der Waals surface area contributed by atoms with Gasteiger partial charge in [0.2, 0.25) is 0 Å². The largest absolute Gasteiger partial charge is 0.309 e. The van der Waals surface area contributed by atoms with Crippen molar-refractivity contribution in [2.24, 2.45) is 5.41 Å². The highest BCUT2D eigenvalue weighted by Crippen LogP contribution is 2.50. The molecular formula is C15H30N2. The standard InChI is InChI=1S/C15H30N2/c1-5-7-15(8-9-15)12-17-11-14(3,4)16-10-13(17)6-2/h13,16H,5-12H2,1-4H3. The highest BCUT2D eigenvalue weighted by atomic mass is 15.3. The van der Waals surface area contributed by atoms with Gasteiger partial charge >= 0.3 is 0 Å². The van der Waals surface area contributed by atoms with E-state index in [9.17, 15) is 0 Å². The Balaban J connectivity index is 1.96. The molecule has 100 valence electrons. The van der Waals surface area contributed by atoms with E-state index in [0.717, 1.165) is 6.04 Å². The van der Waals surface area contributed by atoms with Crippen LogP contribution >= 0.6 is 0 Å². The summed E-state index contributed by atoms with van der Waals surface area (Å²) in [6.45, 7) is 13.1. The highest BCUT2D eigenvalue weighted by molar-refractivity contribution is 5.00. The van der Waals surface area contributed by atoms with Crippen molar-refractivity contribution in [3.8, 4) is 0 Å². The fraction of sp³-hybridized carbons (Fsp3) is 1.00. The van der Waals surface area contributed by atoms with Crippen LogP contribution in [0.5, 0.6) is 0 Å². The number of piperazine rings is 1. The summed E-state index contributed by atoms with van der Waals surface area (Å²) in [6, 6.07) is 0.761. The molecule has 0 amide bonds. The average Bonchev–Trinajstić information content (AvgIpc) is 2.97. The molecule has 0 aromatic carbocycles. The maximum atomic E-state index is 3.69. The Morgan fingerprint density at radius 3 is 2.47 bits per heavy atom. The summed E-state index contributed by atoms with van der Waals surface area (Å²) in [6.07, 6.45) is 7.02. The number of nitrogens with zero attached hydrogens (tertiary/aromatic N) is 1. The summed E-state index contributed by atoms with van der Waals surface area (Å²) in [5.74, 6) is 0. The SMILES string of the molecule is CCCC1(CN2CC(C)(C)NCC2CC)CC1. The van der Waals surface area contributed by atoms with E-state index < -0.39 is 0 Å². The predicted octanol–water partition coefficient (Wildman–Crippen LogP) is 3.03. The van der Waals surface area contributed by atoms with Crippen LogP contribution in [0.15, 0.2) is 0 Å². The minimum Gasteiger partial charge on any atom is -0.309 e. The summed E-state index contributed by atoms with van der Waals surface area (Å²) >= 11 is 0. The first-order valence-corrected chi connectivity index (χ1v) is 7.49. The lowest BCUT2D eigenvalue weighted by atomic mass is 9.93. The maximum absolute atomic E-state index is 3.69. The second-order valence-corrected chi connectivity index (χ2v) is 6.98. The number of hydrogen-bond donors (Lipinski definition) is 1. The molecule has 0 bridgehead atoms. The van der Waals surface area contributed by atoms with Gasteiger partial charge in [0.1, 0.15) is 0 Å². The van der Waals surface area contributed by atoms with E-state index in [0.29, 0.717) is 11.0 Å². The average molecular weight is 238 g/mol. The van der Waals surface area contributed by atoms with E-state index in [1.54, 1.807) is 0 Å². The number of nitrogens with one attached hydrogen (secondary N) is 1. The Hall–Kier alpha value is -0.0800. The van der Waals surface area contributed by atoms with Crippen LogP contribution in [0.2, 0.25) is 0 Å². The zero-order chi connectivity index (χ0) is 12.5. The minimum absolute atomic E-state index is 0.300. The summed E-state index contributed by atoms with van der Waals surface area (Å²) in [5, 5.41) is 3.69. The smallest absolute Gasteiger partial charge is 0.0252 e. The van der Waals surface area contributed by atoms with Gasteiger partial charge in [-0.3, -0.25) is 4.90 Å². The summed E-state index contributed by atoms with van der Waals surface area (Å²) in [4.78, 5) is 2.78. The number of hydrogen-bond acceptors (Lipinski definition) is 2. The molecular weight excluding hydrogens is 208 g/mol. The van der Waals surface area contributed by atoms with Crippen molar-refractivity contribution in [2.75, 3.05) is 19.6 Å². The third-order valence-corrected chi connectivity index (χ3v) is 4.68. The molecule has 2 heteroatoms. The lowest BCUT2D eigenvalue weighted by molar-refractivity contribution is 0.0701. The molecule has 0 aromatic rings. The minimum atomic E-state index is 0.300. The van der Waals surface area contributed by atoms with Crippen LogP contribution in [-0.2, 0) is 0 Å². The van der Waals surface area contributed by atoms with Gasteiger partial charge in [0.15, 0.2) is 0 Å². The van der Waals surface area contributed by atoms with Crippen molar-refractivity contribution in [2.45, 2.75) is 71.4 Å². The van der Waals surface area contributed by atoms with Crippen LogP contribution in [0.4, 0.5) is 0 Å². The predicted molar refractivity (Wildman–Crippen MR) is 74.3 cm³/mol. The molecule has 2 aliphatic rings. The van der Waals surface area contributed by atoms with Crippen molar-refractivity contribution in [3.05, 3.63) is 0 Å². The Bertz CT molecular complexity index is 256. The van der Waals surface area contributed by atoms with Gasteiger partial charge in [0, 0.05) is 31.2 Å². The van der Waals surface area contributed by atoms with E-state index in [1.165, 1.54) is 51.7 Å². The summed E-state index contributed by atoms with van der Waals surface area (Å²) in [7, 11) is 0. The molecule has 1 aliphatic heterocycles. The normalized spacial score (nSPS) is 31.4. The van der Waals surface area contributed by atoms with Gasteiger partial charge in [-0.1, -0.05) is 20.3 Å². The Morgan fingerprint density at radius 2 is 1.94 bits per heavy atom. The van der Waals surface area contributed by atoms with E-state index >= 15 is 0 Å². The van der Waals surface area contributed by atoms with Crippen molar-refractivity contribution in [3.63, 3.8) is 0 Å². The van der Waals surface area contributed by atoms with E-state index in [4.69, 9.17) is 0 Å². The first kappa shape index (κ1) is 13.4. The monoisotopic (exact) mass is 238 g/mol. The van der Waals surface area contributed by atoms with Crippen LogP contribution in [0.1, 0.15) is 59.8 Å². The second-order valence-electron chi connectivity index (χ2n) is 6.98. The molecule has 1 N–H and O–H groups in total. The Morgan fingerprint density at radius 1 is 1.24 bits per heavy atom. The molecule has 17 heavy (non-hydrogen) atoms. The number of rotatable bonds is 5. The molecule has 0 radical (unpaired) electrons. The van der Waals surface area contributed by atoms with Gasteiger partial charge in [-0.15, -0.1) is 0 Å². The first-order chi connectivity index (χ1) is 8.00. The van der Waals surface area contributed by atoms with Crippen molar-refractivity contribution in [1.82, 2.24) is 10.2 Å². The summed E-state index contributed by atoms with van der Waals surface area (Å²) < 4.78 is 0. The van der Waals surface area contributed by atoms with Crippen LogP contribution in [0.25, 0.3) is 0 Å². The van der Waals surface area contributed by atoms with E-state index in [-0.39, 0.29) is 0 Å². The fourth-order valence-corrected chi connectivity index (χ4v) is 3.43. The molecule has 1 saturated heterocycles. The molecule has 1 unspecified atom stereocenters. The van der Waals surface area contributed by atoms with Crippen LogP contribution in [0, 0.1) is 5.41 Å². The fourth-order valence-electron chi connectivity index (χ4n) is 3.43. The van der Waals surface area contributed by atoms with Crippen LogP contribution in [-0.4, -0.2) is 36.1 Å². The van der Waals surface area contributed by atoms with Crippen molar-refractivity contribution >= 4 is 0 Å². The van der Waals surface area contributed by atoms with Crippen LogP contribution in [0.3, 0.4) is 0 Å². The zero-order valence-corrected chi connectivity index (χ0v) is 12.2. The van der Waals surface area contributed by atoms with E-state index in [1.807, 2.05) is 0 Å². The molecule has 2 nitrogen and oxygen atoms in total. The Labute approximate surface area is 107 Å². The molecule has 2 rings (SSSR count). The molecule has 2 fully saturated rings. The van der Waals surface area contributed by atoms with Gasteiger partial charge in [0.05, 0.1) is 0 Å². The quantitative estimate of drug-likeness (QED) is 0.792. The molecule has 1 saturated carbocycles. The van der Waals surface area contributed by atoms with Crippen molar-refractivity contribution < 1.29 is 0 Å². The Kier molecular flexibility index (Phi) is 3.84. The van der Waals surface area contributed by atoms with Gasteiger partial charge in [-0.2, -0.15) is 0 Å².